The molecule has 1 aliphatic rings. The monoisotopic (exact) mass is 151 g/mol. The van der Waals surface area contributed by atoms with Gasteiger partial charge >= 0.3 is 0 Å². The first-order valence-corrected chi connectivity index (χ1v) is 4.04. The SMILES string of the molecule is CC(C)C1=CCC=C(N)C=C1.[HH]. The number of rotatable bonds is 1. The molecule has 0 spiro atoms. The molecule has 2 N–H and O–H groups in total. The smallest absolute Gasteiger partial charge is 0.0276 e. The number of nitrogens with two attached hydrogens (primary N) is 1. The third kappa shape index (κ3) is 2.26. The molecule has 0 saturated carbocycles. The van der Waals surface area contributed by atoms with Crippen molar-refractivity contribution in [1.82, 2.24) is 0 Å². The molecule has 0 fully saturated rings. The van der Waals surface area contributed by atoms with Gasteiger partial charge in [-0.15, -0.1) is 0 Å². The van der Waals surface area contributed by atoms with Gasteiger partial charge in [-0.2, -0.15) is 0 Å². The van der Waals surface area contributed by atoms with E-state index in [1.54, 1.807) is 0 Å². The maximum atomic E-state index is 5.64. The summed E-state index contributed by atoms with van der Waals surface area (Å²) in [6.45, 7) is 4.38. The Balaban J connectivity index is 0.00000121. The van der Waals surface area contributed by atoms with E-state index in [0.29, 0.717) is 5.92 Å². The highest BCUT2D eigenvalue weighted by Gasteiger charge is 1.99. The van der Waals surface area contributed by atoms with E-state index in [2.05, 4.69) is 26.0 Å². The second kappa shape index (κ2) is 3.42. The normalized spacial score (nSPS) is 17.7. The highest BCUT2D eigenvalue weighted by molar-refractivity contribution is 5.31. The predicted octanol–water partition coefficient (Wildman–Crippen LogP) is 2.62. The molecule has 0 aromatic rings. The predicted molar refractivity (Wildman–Crippen MR) is 51.1 cm³/mol. The molecule has 0 aliphatic heterocycles. The molecule has 0 bridgehead atoms. The summed E-state index contributed by atoms with van der Waals surface area (Å²) in [5.74, 6) is 0.602. The fourth-order valence-corrected chi connectivity index (χ4v) is 1.09. The van der Waals surface area contributed by atoms with Crippen molar-refractivity contribution in [1.29, 1.82) is 0 Å². The fourth-order valence-electron chi connectivity index (χ4n) is 1.09. The van der Waals surface area contributed by atoms with Crippen LogP contribution >= 0.6 is 0 Å². The fraction of sp³-hybridized carbons (Fsp3) is 0.400. The largest absolute Gasteiger partial charge is 0.399 e. The average Bonchev–Trinajstić information content (AvgIpc) is 2.13. The highest BCUT2D eigenvalue weighted by Crippen LogP contribution is 2.15. The Labute approximate surface area is 69.8 Å². The molecular formula is C10H17N. The zero-order valence-electron chi connectivity index (χ0n) is 7.17. The third-order valence-electron chi connectivity index (χ3n) is 1.84. The van der Waals surface area contributed by atoms with Crippen molar-refractivity contribution in [2.75, 3.05) is 0 Å². The molecule has 11 heavy (non-hydrogen) atoms. The molecule has 0 amide bonds. The number of hydrogen-bond acceptors (Lipinski definition) is 1. The second-order valence-corrected chi connectivity index (χ2v) is 3.13. The summed E-state index contributed by atoms with van der Waals surface area (Å²) in [4.78, 5) is 0. The summed E-state index contributed by atoms with van der Waals surface area (Å²) in [5.41, 5.74) is 7.89. The summed E-state index contributed by atoms with van der Waals surface area (Å²) in [5, 5.41) is 0. The lowest BCUT2D eigenvalue weighted by Crippen LogP contribution is -1.91. The Kier molecular flexibility index (Phi) is 2.53. The van der Waals surface area contributed by atoms with Crippen LogP contribution in [-0.2, 0) is 0 Å². The van der Waals surface area contributed by atoms with Crippen molar-refractivity contribution in [3.05, 3.63) is 35.6 Å². The van der Waals surface area contributed by atoms with Gasteiger partial charge in [-0.1, -0.05) is 32.1 Å². The van der Waals surface area contributed by atoms with Gasteiger partial charge in [0.2, 0.25) is 0 Å². The van der Waals surface area contributed by atoms with Crippen LogP contribution in [0.2, 0.25) is 0 Å². The second-order valence-electron chi connectivity index (χ2n) is 3.13. The first-order valence-electron chi connectivity index (χ1n) is 4.04. The maximum Gasteiger partial charge on any atom is 0.0276 e. The lowest BCUT2D eigenvalue weighted by molar-refractivity contribution is 0.788. The Morgan fingerprint density at radius 3 is 2.73 bits per heavy atom. The summed E-state index contributed by atoms with van der Waals surface area (Å²) in [6.07, 6.45) is 9.29. The van der Waals surface area contributed by atoms with E-state index in [9.17, 15) is 0 Å². The van der Waals surface area contributed by atoms with Crippen LogP contribution in [0.15, 0.2) is 35.6 Å². The zero-order chi connectivity index (χ0) is 8.27. The minimum atomic E-state index is 0. The van der Waals surface area contributed by atoms with Gasteiger partial charge in [-0.3, -0.25) is 0 Å². The van der Waals surface area contributed by atoms with Gasteiger partial charge in [0.25, 0.3) is 0 Å². The van der Waals surface area contributed by atoms with Crippen molar-refractivity contribution in [3.63, 3.8) is 0 Å². The van der Waals surface area contributed by atoms with Crippen molar-refractivity contribution < 1.29 is 1.43 Å². The van der Waals surface area contributed by atoms with Crippen molar-refractivity contribution in [2.24, 2.45) is 11.7 Å². The van der Waals surface area contributed by atoms with Gasteiger partial charge in [-0.25, -0.2) is 0 Å². The zero-order valence-corrected chi connectivity index (χ0v) is 7.17. The van der Waals surface area contributed by atoms with E-state index in [1.165, 1.54) is 5.57 Å². The van der Waals surface area contributed by atoms with Crippen LogP contribution in [-0.4, -0.2) is 0 Å². The lowest BCUT2D eigenvalue weighted by atomic mass is 10.0. The van der Waals surface area contributed by atoms with Gasteiger partial charge in [0.1, 0.15) is 0 Å². The van der Waals surface area contributed by atoms with Gasteiger partial charge < -0.3 is 5.73 Å². The molecule has 0 atom stereocenters. The van der Waals surface area contributed by atoms with E-state index in [-0.39, 0.29) is 1.43 Å². The summed E-state index contributed by atoms with van der Waals surface area (Å²) < 4.78 is 0. The van der Waals surface area contributed by atoms with Gasteiger partial charge in [-0.05, 0) is 24.0 Å². The van der Waals surface area contributed by atoms with Crippen LogP contribution in [0.5, 0.6) is 0 Å². The van der Waals surface area contributed by atoms with E-state index in [4.69, 9.17) is 5.73 Å². The molecule has 0 aromatic carbocycles. The molecular weight excluding hydrogens is 134 g/mol. The molecule has 1 heteroatoms. The molecule has 0 heterocycles. The van der Waals surface area contributed by atoms with E-state index in [0.717, 1.165) is 12.1 Å². The Morgan fingerprint density at radius 2 is 2.09 bits per heavy atom. The standard InChI is InChI=1S/C10H15N.H2/c1-8(2)9-4-3-5-10(11)7-6-9;/h4-8H,3,11H2,1-2H3;1H. The Bertz CT molecular complexity index is 224. The van der Waals surface area contributed by atoms with Crippen LogP contribution in [0.3, 0.4) is 0 Å². The van der Waals surface area contributed by atoms with Gasteiger partial charge in [0.05, 0.1) is 0 Å². The van der Waals surface area contributed by atoms with Crippen molar-refractivity contribution in [2.45, 2.75) is 20.3 Å². The quantitative estimate of drug-likeness (QED) is 0.612. The van der Waals surface area contributed by atoms with Gasteiger partial charge in [0.15, 0.2) is 0 Å². The topological polar surface area (TPSA) is 26.0 Å². The summed E-state index contributed by atoms with van der Waals surface area (Å²) in [7, 11) is 0. The van der Waals surface area contributed by atoms with Crippen LogP contribution in [0.4, 0.5) is 0 Å². The third-order valence-corrected chi connectivity index (χ3v) is 1.84. The molecule has 1 nitrogen and oxygen atoms in total. The maximum absolute atomic E-state index is 5.64. The van der Waals surface area contributed by atoms with E-state index < -0.39 is 0 Å². The molecule has 62 valence electrons. The minimum absolute atomic E-state index is 0. The number of hydrogen-bond donors (Lipinski definition) is 1. The van der Waals surface area contributed by atoms with Crippen LogP contribution < -0.4 is 5.73 Å². The lowest BCUT2D eigenvalue weighted by Gasteiger charge is -2.03. The molecule has 0 saturated heterocycles. The molecule has 0 aromatic heterocycles. The number of allylic oxidation sites excluding steroid dienone is 5. The minimum Gasteiger partial charge on any atom is -0.399 e. The van der Waals surface area contributed by atoms with Crippen LogP contribution in [0.1, 0.15) is 21.7 Å². The Morgan fingerprint density at radius 1 is 1.36 bits per heavy atom. The highest BCUT2D eigenvalue weighted by atomic mass is 14.5. The Hall–Kier alpha value is -0.980. The average molecular weight is 151 g/mol. The van der Waals surface area contributed by atoms with Gasteiger partial charge in [0, 0.05) is 7.12 Å². The van der Waals surface area contributed by atoms with E-state index in [1.807, 2.05) is 12.2 Å². The van der Waals surface area contributed by atoms with Crippen LogP contribution in [0.25, 0.3) is 0 Å². The molecule has 0 unspecified atom stereocenters. The van der Waals surface area contributed by atoms with E-state index >= 15 is 0 Å². The first kappa shape index (κ1) is 8.12. The van der Waals surface area contributed by atoms with Crippen molar-refractivity contribution in [3.8, 4) is 0 Å². The molecule has 0 radical (unpaired) electrons. The summed E-state index contributed by atoms with van der Waals surface area (Å²) >= 11 is 0. The van der Waals surface area contributed by atoms with Crippen LogP contribution in [0, 0.1) is 5.92 Å². The molecule has 1 rings (SSSR count). The first-order chi connectivity index (χ1) is 5.20. The molecule has 1 aliphatic carbocycles. The summed E-state index contributed by atoms with van der Waals surface area (Å²) in [6, 6.07) is 0. The van der Waals surface area contributed by atoms with Crippen molar-refractivity contribution >= 4 is 0 Å².